The van der Waals surface area contributed by atoms with Crippen LogP contribution in [0.5, 0.6) is 0 Å². The SMILES string of the molecule is CNc1cc(C=O)cc(COCC(N)(CO)Cc2ccccc2)c1. The number of carbonyl (C=O) groups is 1. The van der Waals surface area contributed by atoms with E-state index in [1.54, 1.807) is 19.2 Å². The van der Waals surface area contributed by atoms with Crippen molar-refractivity contribution in [2.24, 2.45) is 5.73 Å². The molecule has 2 aromatic carbocycles. The molecule has 0 spiro atoms. The monoisotopic (exact) mass is 328 g/mol. The highest BCUT2D eigenvalue weighted by Crippen LogP contribution is 2.16. The third-order valence-electron chi connectivity index (χ3n) is 3.81. The number of anilines is 1. The molecule has 0 heterocycles. The minimum Gasteiger partial charge on any atom is -0.394 e. The van der Waals surface area contributed by atoms with Crippen LogP contribution >= 0.6 is 0 Å². The molecular formula is C19H24N2O3. The lowest BCUT2D eigenvalue weighted by atomic mass is 9.93. The number of rotatable bonds is 9. The molecule has 0 saturated heterocycles. The fraction of sp³-hybridized carbons (Fsp3) is 0.316. The summed E-state index contributed by atoms with van der Waals surface area (Å²) < 4.78 is 5.72. The number of ether oxygens (including phenoxy) is 1. The number of benzene rings is 2. The van der Waals surface area contributed by atoms with Gasteiger partial charge in [0.25, 0.3) is 0 Å². The van der Waals surface area contributed by atoms with Gasteiger partial charge in [-0.25, -0.2) is 0 Å². The summed E-state index contributed by atoms with van der Waals surface area (Å²) >= 11 is 0. The zero-order chi connectivity index (χ0) is 17.4. The van der Waals surface area contributed by atoms with Gasteiger partial charge in [0.1, 0.15) is 6.29 Å². The van der Waals surface area contributed by atoms with E-state index in [0.29, 0.717) is 18.6 Å². The van der Waals surface area contributed by atoms with Crippen LogP contribution in [0.25, 0.3) is 0 Å². The average molecular weight is 328 g/mol. The lowest BCUT2D eigenvalue weighted by Gasteiger charge is -2.27. The maximum atomic E-state index is 11.0. The van der Waals surface area contributed by atoms with E-state index in [1.165, 1.54) is 0 Å². The average Bonchev–Trinajstić information content (AvgIpc) is 2.62. The van der Waals surface area contributed by atoms with Crippen molar-refractivity contribution in [3.8, 4) is 0 Å². The Kier molecular flexibility index (Phi) is 6.49. The summed E-state index contributed by atoms with van der Waals surface area (Å²) in [7, 11) is 1.80. The first-order valence-corrected chi connectivity index (χ1v) is 7.87. The first-order chi connectivity index (χ1) is 11.6. The zero-order valence-electron chi connectivity index (χ0n) is 13.9. The van der Waals surface area contributed by atoms with Crippen LogP contribution in [0.1, 0.15) is 21.5 Å². The van der Waals surface area contributed by atoms with Gasteiger partial charge in [0.2, 0.25) is 0 Å². The first-order valence-electron chi connectivity index (χ1n) is 7.87. The Morgan fingerprint density at radius 3 is 2.58 bits per heavy atom. The second-order valence-electron chi connectivity index (χ2n) is 6.01. The first kappa shape index (κ1) is 18.1. The molecule has 0 saturated carbocycles. The number of aldehydes is 1. The third-order valence-corrected chi connectivity index (χ3v) is 3.81. The lowest BCUT2D eigenvalue weighted by molar-refractivity contribution is 0.0458. The van der Waals surface area contributed by atoms with Crippen LogP contribution in [-0.4, -0.2) is 37.2 Å². The predicted octanol–water partition coefficient (Wildman–Crippen LogP) is 1.99. The summed E-state index contributed by atoms with van der Waals surface area (Å²) in [4.78, 5) is 11.0. The van der Waals surface area contributed by atoms with Gasteiger partial charge in [0, 0.05) is 18.3 Å². The molecule has 5 heteroatoms. The number of nitrogens with one attached hydrogen (secondary N) is 1. The molecular weight excluding hydrogens is 304 g/mol. The van der Waals surface area contributed by atoms with Crippen LogP contribution in [0, 0.1) is 0 Å². The van der Waals surface area contributed by atoms with Crippen LogP contribution < -0.4 is 11.1 Å². The van der Waals surface area contributed by atoms with Gasteiger partial charge >= 0.3 is 0 Å². The van der Waals surface area contributed by atoms with E-state index in [9.17, 15) is 9.90 Å². The largest absolute Gasteiger partial charge is 0.394 e. The standard InChI is InChI=1S/C19H24N2O3/c1-21-18-8-16(11-22)7-17(9-18)12-24-14-19(20,13-23)10-15-5-3-2-4-6-15/h2-9,11,21,23H,10,12-14,20H2,1H3. The van der Waals surface area contributed by atoms with Crippen LogP contribution in [0.15, 0.2) is 48.5 Å². The highest BCUT2D eigenvalue weighted by molar-refractivity contribution is 5.77. The Bertz CT molecular complexity index is 661. The Morgan fingerprint density at radius 1 is 1.21 bits per heavy atom. The fourth-order valence-corrected chi connectivity index (χ4v) is 2.54. The minimum atomic E-state index is -0.838. The molecule has 24 heavy (non-hydrogen) atoms. The maximum Gasteiger partial charge on any atom is 0.150 e. The van der Waals surface area contributed by atoms with E-state index < -0.39 is 5.54 Å². The van der Waals surface area contributed by atoms with Gasteiger partial charge in [-0.3, -0.25) is 4.79 Å². The summed E-state index contributed by atoms with van der Waals surface area (Å²) in [6, 6.07) is 15.2. The van der Waals surface area contributed by atoms with Crippen LogP contribution in [0.2, 0.25) is 0 Å². The molecule has 0 aliphatic carbocycles. The number of hydrogen-bond acceptors (Lipinski definition) is 5. The molecule has 128 valence electrons. The Labute approximate surface area is 142 Å². The number of carbonyl (C=O) groups excluding carboxylic acids is 1. The van der Waals surface area contributed by atoms with Gasteiger partial charge in [-0.2, -0.15) is 0 Å². The molecule has 2 rings (SSSR count). The normalized spacial score (nSPS) is 13.3. The summed E-state index contributed by atoms with van der Waals surface area (Å²) in [6.45, 7) is 0.376. The van der Waals surface area contributed by atoms with E-state index in [4.69, 9.17) is 10.5 Å². The van der Waals surface area contributed by atoms with Crippen molar-refractivity contribution >= 4 is 12.0 Å². The van der Waals surface area contributed by atoms with Gasteiger partial charge in [-0.15, -0.1) is 0 Å². The summed E-state index contributed by atoms with van der Waals surface area (Å²) in [5.41, 5.74) is 8.80. The van der Waals surface area contributed by atoms with Crippen LogP contribution in [0.3, 0.4) is 0 Å². The number of hydrogen-bond donors (Lipinski definition) is 3. The molecule has 0 aliphatic heterocycles. The fourth-order valence-electron chi connectivity index (χ4n) is 2.54. The van der Waals surface area contributed by atoms with Crippen molar-refractivity contribution < 1.29 is 14.6 Å². The van der Waals surface area contributed by atoms with Gasteiger partial charge in [-0.05, 0) is 35.7 Å². The third kappa shape index (κ3) is 5.16. The molecule has 1 unspecified atom stereocenters. The van der Waals surface area contributed by atoms with Gasteiger partial charge in [0.05, 0.1) is 25.4 Å². The number of aliphatic hydroxyl groups excluding tert-OH is 1. The van der Waals surface area contributed by atoms with E-state index in [2.05, 4.69) is 5.32 Å². The molecule has 2 aromatic rings. The Balaban J connectivity index is 1.97. The van der Waals surface area contributed by atoms with Crippen molar-refractivity contribution in [1.82, 2.24) is 0 Å². The Hall–Kier alpha value is -2.21. The minimum absolute atomic E-state index is 0.169. The number of aliphatic hydroxyl groups is 1. The Morgan fingerprint density at radius 2 is 1.96 bits per heavy atom. The van der Waals surface area contributed by atoms with E-state index in [-0.39, 0.29) is 13.2 Å². The highest BCUT2D eigenvalue weighted by atomic mass is 16.5. The lowest BCUT2D eigenvalue weighted by Crippen LogP contribution is -2.50. The van der Waals surface area contributed by atoms with E-state index >= 15 is 0 Å². The van der Waals surface area contributed by atoms with Crippen molar-refractivity contribution in [3.05, 3.63) is 65.2 Å². The van der Waals surface area contributed by atoms with Gasteiger partial charge < -0.3 is 20.9 Å². The molecule has 0 aromatic heterocycles. The highest BCUT2D eigenvalue weighted by Gasteiger charge is 2.25. The summed E-state index contributed by atoms with van der Waals surface area (Å²) in [6.07, 6.45) is 1.33. The van der Waals surface area contributed by atoms with Crippen molar-refractivity contribution in [1.29, 1.82) is 0 Å². The van der Waals surface area contributed by atoms with Crippen LogP contribution in [0.4, 0.5) is 5.69 Å². The van der Waals surface area contributed by atoms with Gasteiger partial charge in [0.15, 0.2) is 0 Å². The summed E-state index contributed by atoms with van der Waals surface area (Å²) in [5, 5.41) is 12.7. The van der Waals surface area contributed by atoms with Crippen LogP contribution in [-0.2, 0) is 17.8 Å². The maximum absolute atomic E-state index is 11.0. The molecule has 0 radical (unpaired) electrons. The van der Waals surface area contributed by atoms with Gasteiger partial charge in [-0.1, -0.05) is 30.3 Å². The van der Waals surface area contributed by atoms with Crippen molar-refractivity contribution in [2.45, 2.75) is 18.6 Å². The van der Waals surface area contributed by atoms with Crippen molar-refractivity contribution in [3.63, 3.8) is 0 Å². The molecule has 4 N–H and O–H groups in total. The molecule has 0 bridgehead atoms. The predicted molar refractivity (Wildman–Crippen MR) is 95.2 cm³/mol. The smallest absolute Gasteiger partial charge is 0.150 e. The molecule has 1 atom stereocenters. The van der Waals surface area contributed by atoms with E-state index in [1.807, 2.05) is 36.4 Å². The second kappa shape index (κ2) is 8.59. The summed E-state index contributed by atoms with van der Waals surface area (Å²) in [5.74, 6) is 0. The van der Waals surface area contributed by atoms with E-state index in [0.717, 1.165) is 23.1 Å². The number of nitrogens with two attached hydrogens (primary N) is 1. The quantitative estimate of drug-likeness (QED) is 0.613. The topological polar surface area (TPSA) is 84.6 Å². The second-order valence-corrected chi connectivity index (χ2v) is 6.01. The molecule has 0 fully saturated rings. The van der Waals surface area contributed by atoms with Crippen molar-refractivity contribution in [2.75, 3.05) is 25.6 Å². The molecule has 0 amide bonds. The molecule has 0 aliphatic rings. The molecule has 5 nitrogen and oxygen atoms in total. The zero-order valence-corrected chi connectivity index (χ0v) is 13.9.